The van der Waals surface area contributed by atoms with E-state index in [1.54, 1.807) is 6.07 Å². The third-order valence-corrected chi connectivity index (χ3v) is 4.16. The Morgan fingerprint density at radius 2 is 2.05 bits per heavy atom. The number of para-hydroxylation sites is 1. The van der Waals surface area contributed by atoms with Crippen LogP contribution in [0.2, 0.25) is 0 Å². The number of fused-ring (bicyclic) bond motifs is 1. The van der Waals surface area contributed by atoms with E-state index in [1.165, 1.54) is 10.9 Å². The van der Waals surface area contributed by atoms with Gasteiger partial charge in [-0.2, -0.15) is 0 Å². The smallest absolute Gasteiger partial charge is 0.251 e. The van der Waals surface area contributed by atoms with Gasteiger partial charge in [-0.3, -0.25) is 4.79 Å². The highest BCUT2D eigenvalue weighted by Crippen LogP contribution is 2.18. The van der Waals surface area contributed by atoms with Gasteiger partial charge in [0.1, 0.15) is 0 Å². The van der Waals surface area contributed by atoms with Crippen molar-refractivity contribution in [3.63, 3.8) is 0 Å². The van der Waals surface area contributed by atoms with Crippen molar-refractivity contribution in [1.29, 1.82) is 0 Å². The van der Waals surface area contributed by atoms with Crippen molar-refractivity contribution < 1.29 is 4.79 Å². The molecule has 2 aromatic carbocycles. The number of nitrogens with one attached hydrogen (secondary N) is 2. The third kappa shape index (κ3) is 3.07. The van der Waals surface area contributed by atoms with Gasteiger partial charge in [0.2, 0.25) is 0 Å². The van der Waals surface area contributed by atoms with Crippen LogP contribution in [-0.2, 0) is 6.42 Å². The Kier molecular flexibility index (Phi) is 4.29. The first-order valence-corrected chi connectivity index (χ1v) is 7.89. The van der Waals surface area contributed by atoms with Crippen LogP contribution in [0.4, 0.5) is 0 Å². The molecule has 0 aliphatic heterocycles. The normalized spacial score (nSPS) is 10.8. The summed E-state index contributed by atoms with van der Waals surface area (Å²) in [5, 5.41) is 4.16. The number of hydrogen-bond acceptors (Lipinski definition) is 1. The minimum absolute atomic E-state index is 0.0858. The molecule has 2 N–H and O–H groups in total. The number of H-pyrrole nitrogens is 1. The van der Waals surface area contributed by atoms with Crippen molar-refractivity contribution in [1.82, 2.24) is 10.3 Å². The summed E-state index contributed by atoms with van der Waals surface area (Å²) < 4.78 is 0.924. The second-order valence-electron chi connectivity index (χ2n) is 5.17. The van der Waals surface area contributed by atoms with Crippen molar-refractivity contribution in [2.75, 3.05) is 6.54 Å². The van der Waals surface area contributed by atoms with Gasteiger partial charge >= 0.3 is 0 Å². The highest BCUT2D eigenvalue weighted by atomic mass is 79.9. The van der Waals surface area contributed by atoms with Crippen LogP contribution >= 0.6 is 15.9 Å². The maximum atomic E-state index is 12.2. The average molecular weight is 356 g/mol. The molecule has 3 rings (SSSR count). The minimum atomic E-state index is -0.0858. The maximum absolute atomic E-state index is 12.2. The molecule has 1 amide bonds. The molecule has 3 nitrogen and oxygen atoms in total. The van der Waals surface area contributed by atoms with Crippen molar-refractivity contribution in [2.24, 2.45) is 0 Å². The van der Waals surface area contributed by atoms with Gasteiger partial charge in [0, 0.05) is 33.7 Å². The van der Waals surface area contributed by atoms with Gasteiger partial charge in [-0.15, -0.1) is 0 Å². The second kappa shape index (κ2) is 6.36. The third-order valence-electron chi connectivity index (χ3n) is 3.67. The Morgan fingerprint density at radius 3 is 2.86 bits per heavy atom. The van der Waals surface area contributed by atoms with Gasteiger partial charge in [-0.1, -0.05) is 34.1 Å². The average Bonchev–Trinajstić information content (AvgIpc) is 2.90. The molecule has 0 saturated carbocycles. The highest BCUT2D eigenvalue weighted by molar-refractivity contribution is 9.10. The Balaban J connectivity index is 1.64. The second-order valence-corrected chi connectivity index (χ2v) is 6.08. The lowest BCUT2D eigenvalue weighted by molar-refractivity contribution is 0.0954. The van der Waals surface area contributed by atoms with E-state index in [0.717, 1.165) is 22.0 Å². The Morgan fingerprint density at radius 1 is 1.23 bits per heavy atom. The molecule has 0 aliphatic carbocycles. The summed E-state index contributed by atoms with van der Waals surface area (Å²) in [7, 11) is 0. The fraction of sp³-hybridized carbons (Fsp3) is 0.111. The molecule has 0 unspecified atom stereocenters. The Hall–Kier alpha value is -2.07. The van der Waals surface area contributed by atoms with E-state index in [-0.39, 0.29) is 5.91 Å². The molecule has 1 radical (unpaired) electrons. The van der Waals surface area contributed by atoms with Gasteiger partial charge in [0.25, 0.3) is 5.91 Å². The number of aromatic nitrogens is 1. The molecule has 0 spiro atoms. The van der Waals surface area contributed by atoms with Crippen molar-refractivity contribution in [3.8, 4) is 0 Å². The number of carbonyl (C=O) groups excluding carboxylic acids is 1. The summed E-state index contributed by atoms with van der Waals surface area (Å²) in [6, 6.07) is 13.6. The van der Waals surface area contributed by atoms with Crippen LogP contribution in [0.15, 0.2) is 53.1 Å². The molecular formula is C18H16BrN2O. The SMILES string of the molecule is [CH2]c1cc(Br)ccc1C(=O)NCCc1c[nH]c2ccccc12. The molecule has 1 heterocycles. The number of carbonyl (C=O) groups is 1. The van der Waals surface area contributed by atoms with Crippen LogP contribution < -0.4 is 5.32 Å². The maximum Gasteiger partial charge on any atom is 0.251 e. The highest BCUT2D eigenvalue weighted by Gasteiger charge is 2.09. The van der Waals surface area contributed by atoms with Gasteiger partial charge in [0.15, 0.2) is 0 Å². The standard InChI is InChI=1S/C18H16BrN2O/c1-12-10-14(19)6-7-15(12)18(22)20-9-8-13-11-21-17-5-3-2-4-16(13)17/h2-7,10-11,21H,1,8-9H2,(H,20,22). The van der Waals surface area contributed by atoms with E-state index in [1.807, 2.05) is 36.5 Å². The quantitative estimate of drug-likeness (QED) is 0.727. The van der Waals surface area contributed by atoms with Crippen LogP contribution in [0.5, 0.6) is 0 Å². The van der Waals surface area contributed by atoms with Crippen molar-refractivity contribution >= 4 is 32.7 Å². The zero-order valence-corrected chi connectivity index (χ0v) is 13.6. The van der Waals surface area contributed by atoms with Gasteiger partial charge in [0.05, 0.1) is 0 Å². The van der Waals surface area contributed by atoms with Crippen molar-refractivity contribution in [3.05, 3.63) is 76.7 Å². The molecule has 0 atom stereocenters. The summed E-state index contributed by atoms with van der Waals surface area (Å²) >= 11 is 3.37. The fourth-order valence-corrected chi connectivity index (χ4v) is 2.94. The lowest BCUT2D eigenvalue weighted by Gasteiger charge is -2.08. The summed E-state index contributed by atoms with van der Waals surface area (Å²) in [6.45, 7) is 4.50. The molecular weight excluding hydrogens is 340 g/mol. The molecule has 3 aromatic rings. The van der Waals surface area contributed by atoms with Crippen LogP contribution in [0.3, 0.4) is 0 Å². The fourth-order valence-electron chi connectivity index (χ4n) is 2.53. The summed E-state index contributed by atoms with van der Waals surface area (Å²) in [5.41, 5.74) is 3.67. The van der Waals surface area contributed by atoms with Crippen LogP contribution in [-0.4, -0.2) is 17.4 Å². The molecule has 111 valence electrons. The van der Waals surface area contributed by atoms with Gasteiger partial charge < -0.3 is 10.3 Å². The van der Waals surface area contributed by atoms with Crippen LogP contribution in [0.25, 0.3) is 10.9 Å². The van der Waals surface area contributed by atoms with E-state index in [0.29, 0.717) is 12.1 Å². The minimum Gasteiger partial charge on any atom is -0.361 e. The van der Waals surface area contributed by atoms with Gasteiger partial charge in [-0.05, 0) is 48.7 Å². The summed E-state index contributed by atoms with van der Waals surface area (Å²) in [6.07, 6.45) is 2.79. The van der Waals surface area contributed by atoms with E-state index < -0.39 is 0 Å². The first kappa shape index (κ1) is 14.9. The predicted octanol–water partition coefficient (Wildman–Crippen LogP) is 4.09. The van der Waals surface area contributed by atoms with E-state index >= 15 is 0 Å². The first-order chi connectivity index (χ1) is 10.6. The molecule has 0 bridgehead atoms. The van der Waals surface area contributed by atoms with Crippen LogP contribution in [0.1, 0.15) is 21.5 Å². The number of amides is 1. The number of halogens is 1. The van der Waals surface area contributed by atoms with E-state index in [9.17, 15) is 4.79 Å². The molecule has 4 heteroatoms. The largest absolute Gasteiger partial charge is 0.361 e. The molecule has 0 saturated heterocycles. The first-order valence-electron chi connectivity index (χ1n) is 7.10. The van der Waals surface area contributed by atoms with Crippen molar-refractivity contribution in [2.45, 2.75) is 6.42 Å². The summed E-state index contributed by atoms with van der Waals surface area (Å²) in [4.78, 5) is 15.4. The zero-order chi connectivity index (χ0) is 15.5. The van der Waals surface area contributed by atoms with Gasteiger partial charge in [-0.25, -0.2) is 0 Å². The number of hydrogen-bond donors (Lipinski definition) is 2. The molecule has 1 aromatic heterocycles. The molecule has 22 heavy (non-hydrogen) atoms. The zero-order valence-electron chi connectivity index (χ0n) is 12.0. The lowest BCUT2D eigenvalue weighted by Crippen LogP contribution is -2.26. The van der Waals surface area contributed by atoms with E-state index in [4.69, 9.17) is 0 Å². The topological polar surface area (TPSA) is 44.9 Å². The Bertz CT molecular complexity index is 823. The number of benzene rings is 2. The molecule has 0 fully saturated rings. The monoisotopic (exact) mass is 355 g/mol. The Labute approximate surface area is 137 Å². The summed E-state index contributed by atoms with van der Waals surface area (Å²) in [5.74, 6) is -0.0858. The number of aromatic amines is 1. The predicted molar refractivity (Wildman–Crippen MR) is 92.9 cm³/mol. The lowest BCUT2D eigenvalue weighted by atomic mass is 10.1. The van der Waals surface area contributed by atoms with E-state index in [2.05, 4.69) is 39.2 Å². The van der Waals surface area contributed by atoms with Crippen LogP contribution in [0, 0.1) is 6.92 Å². The number of rotatable bonds is 4. The molecule has 0 aliphatic rings.